The van der Waals surface area contributed by atoms with Crippen LogP contribution in [0.2, 0.25) is 5.02 Å². The lowest BCUT2D eigenvalue weighted by Crippen LogP contribution is -2.01. The Hall–Kier alpha value is -1.55. The number of nitrogen functional groups attached to an aromatic ring is 1. The Bertz CT molecular complexity index is 462. The van der Waals surface area contributed by atoms with Crippen LogP contribution in [0.5, 0.6) is 0 Å². The van der Waals surface area contributed by atoms with Gasteiger partial charge in [0.05, 0.1) is 6.54 Å². The van der Waals surface area contributed by atoms with Crippen LogP contribution in [0, 0.1) is 5.82 Å². The van der Waals surface area contributed by atoms with Crippen molar-refractivity contribution < 1.29 is 4.39 Å². The molecule has 0 aliphatic carbocycles. The first-order valence-corrected chi connectivity index (χ1v) is 4.76. The molecule has 15 heavy (non-hydrogen) atoms. The highest BCUT2D eigenvalue weighted by Crippen LogP contribution is 2.16. The van der Waals surface area contributed by atoms with E-state index in [2.05, 4.69) is 5.10 Å². The molecule has 0 aliphatic rings. The molecule has 0 amide bonds. The molecule has 1 aromatic heterocycles. The fourth-order valence-electron chi connectivity index (χ4n) is 1.32. The van der Waals surface area contributed by atoms with Gasteiger partial charge in [-0.05, 0) is 17.7 Å². The van der Waals surface area contributed by atoms with Crippen molar-refractivity contribution in [3.05, 3.63) is 46.9 Å². The molecule has 0 aliphatic heterocycles. The fraction of sp³-hybridized carbons (Fsp3) is 0.100. The van der Waals surface area contributed by atoms with Crippen molar-refractivity contribution in [3.8, 4) is 0 Å². The standard InChI is InChI=1S/C10H9ClFN3/c11-9-6-15(14-10(9)13)5-7-2-1-3-8(12)4-7/h1-4,6H,5H2,(H2,13,14). The number of nitrogens with two attached hydrogens (primary N) is 1. The number of rotatable bonds is 2. The van der Waals surface area contributed by atoms with E-state index in [4.69, 9.17) is 17.3 Å². The minimum absolute atomic E-state index is 0.265. The van der Waals surface area contributed by atoms with Crippen LogP contribution in [0.3, 0.4) is 0 Å². The lowest BCUT2D eigenvalue weighted by atomic mass is 10.2. The Morgan fingerprint density at radius 1 is 1.47 bits per heavy atom. The van der Waals surface area contributed by atoms with E-state index in [-0.39, 0.29) is 11.6 Å². The van der Waals surface area contributed by atoms with Gasteiger partial charge in [-0.25, -0.2) is 4.39 Å². The minimum atomic E-state index is -0.265. The van der Waals surface area contributed by atoms with Crippen LogP contribution in [0.4, 0.5) is 10.2 Å². The molecule has 0 unspecified atom stereocenters. The van der Waals surface area contributed by atoms with Crippen LogP contribution < -0.4 is 5.73 Å². The third kappa shape index (κ3) is 2.27. The molecule has 0 spiro atoms. The molecule has 5 heteroatoms. The van der Waals surface area contributed by atoms with Gasteiger partial charge in [0.25, 0.3) is 0 Å². The normalized spacial score (nSPS) is 10.5. The van der Waals surface area contributed by atoms with E-state index in [1.165, 1.54) is 12.1 Å². The Morgan fingerprint density at radius 3 is 2.87 bits per heavy atom. The summed E-state index contributed by atoms with van der Waals surface area (Å²) in [7, 11) is 0. The molecular formula is C10H9ClFN3. The van der Waals surface area contributed by atoms with Crippen molar-refractivity contribution >= 4 is 17.4 Å². The zero-order chi connectivity index (χ0) is 10.8. The number of halogens is 2. The Kier molecular flexibility index (Phi) is 2.60. The van der Waals surface area contributed by atoms with Crippen molar-refractivity contribution in [1.29, 1.82) is 0 Å². The van der Waals surface area contributed by atoms with Gasteiger partial charge in [-0.15, -0.1) is 0 Å². The summed E-state index contributed by atoms with van der Waals surface area (Å²) in [6.07, 6.45) is 1.61. The number of nitrogens with zero attached hydrogens (tertiary/aromatic N) is 2. The summed E-state index contributed by atoms with van der Waals surface area (Å²) >= 11 is 5.74. The molecular weight excluding hydrogens is 217 g/mol. The molecule has 1 aromatic carbocycles. The lowest BCUT2D eigenvalue weighted by molar-refractivity contribution is 0.619. The second-order valence-corrected chi connectivity index (χ2v) is 3.60. The first-order valence-electron chi connectivity index (χ1n) is 4.38. The molecule has 2 N–H and O–H groups in total. The van der Waals surface area contributed by atoms with Crippen LogP contribution in [0.15, 0.2) is 30.5 Å². The van der Waals surface area contributed by atoms with Gasteiger partial charge in [-0.3, -0.25) is 4.68 Å². The Labute approximate surface area is 91.3 Å². The van der Waals surface area contributed by atoms with Crippen molar-refractivity contribution in [2.24, 2.45) is 0 Å². The first-order chi connectivity index (χ1) is 7.15. The Morgan fingerprint density at radius 2 is 2.27 bits per heavy atom. The second-order valence-electron chi connectivity index (χ2n) is 3.19. The molecule has 1 heterocycles. The van der Waals surface area contributed by atoms with Crippen molar-refractivity contribution in [2.75, 3.05) is 5.73 Å². The molecule has 2 rings (SSSR count). The summed E-state index contributed by atoms with van der Waals surface area (Å²) in [5, 5.41) is 4.38. The number of benzene rings is 1. The molecule has 3 nitrogen and oxygen atoms in total. The summed E-state index contributed by atoms with van der Waals surface area (Å²) in [5.74, 6) is 0.0202. The third-order valence-corrected chi connectivity index (χ3v) is 2.27. The minimum Gasteiger partial charge on any atom is -0.381 e. The number of hydrogen-bond acceptors (Lipinski definition) is 2. The van der Waals surface area contributed by atoms with Gasteiger partial charge >= 0.3 is 0 Å². The molecule has 2 aromatic rings. The largest absolute Gasteiger partial charge is 0.381 e. The van der Waals surface area contributed by atoms with Crippen molar-refractivity contribution in [1.82, 2.24) is 9.78 Å². The van der Waals surface area contributed by atoms with Gasteiger partial charge in [-0.1, -0.05) is 23.7 Å². The summed E-state index contributed by atoms with van der Waals surface area (Å²) in [6.45, 7) is 0.453. The number of hydrogen-bond donors (Lipinski definition) is 1. The molecule has 78 valence electrons. The van der Waals surface area contributed by atoms with Crippen molar-refractivity contribution in [3.63, 3.8) is 0 Å². The lowest BCUT2D eigenvalue weighted by Gasteiger charge is -2.01. The third-order valence-electron chi connectivity index (χ3n) is 1.98. The van der Waals surface area contributed by atoms with Gasteiger partial charge in [0.1, 0.15) is 10.8 Å². The van der Waals surface area contributed by atoms with Gasteiger partial charge in [-0.2, -0.15) is 5.10 Å². The highest BCUT2D eigenvalue weighted by Gasteiger charge is 2.03. The average Bonchev–Trinajstić information content (AvgIpc) is 2.45. The average molecular weight is 226 g/mol. The first kappa shape index (κ1) is 9.98. The zero-order valence-electron chi connectivity index (χ0n) is 7.82. The summed E-state index contributed by atoms with van der Waals surface area (Å²) in [5.41, 5.74) is 6.30. The van der Waals surface area contributed by atoms with E-state index < -0.39 is 0 Å². The maximum absolute atomic E-state index is 12.9. The van der Waals surface area contributed by atoms with Crippen LogP contribution in [-0.2, 0) is 6.54 Å². The van der Waals surface area contributed by atoms with Crippen molar-refractivity contribution in [2.45, 2.75) is 6.54 Å². The highest BCUT2D eigenvalue weighted by atomic mass is 35.5. The molecule has 0 saturated heterocycles. The summed E-state index contributed by atoms with van der Waals surface area (Å²) < 4.78 is 14.4. The number of anilines is 1. The SMILES string of the molecule is Nc1nn(Cc2cccc(F)c2)cc1Cl. The van der Waals surface area contributed by atoms with E-state index in [1.807, 2.05) is 6.07 Å². The fourth-order valence-corrected chi connectivity index (χ4v) is 1.47. The molecule has 0 atom stereocenters. The quantitative estimate of drug-likeness (QED) is 0.853. The summed E-state index contributed by atoms with van der Waals surface area (Å²) in [4.78, 5) is 0. The maximum Gasteiger partial charge on any atom is 0.164 e. The van der Waals surface area contributed by atoms with E-state index >= 15 is 0 Å². The van der Waals surface area contributed by atoms with E-state index in [9.17, 15) is 4.39 Å². The molecule has 0 saturated carbocycles. The predicted molar refractivity (Wildman–Crippen MR) is 57.2 cm³/mol. The number of aromatic nitrogens is 2. The van der Waals surface area contributed by atoms with Crippen LogP contribution in [-0.4, -0.2) is 9.78 Å². The second kappa shape index (κ2) is 3.90. The van der Waals surface area contributed by atoms with Gasteiger partial charge in [0.15, 0.2) is 5.82 Å². The Balaban J connectivity index is 2.22. The zero-order valence-corrected chi connectivity index (χ0v) is 8.58. The van der Waals surface area contributed by atoms with Gasteiger partial charge < -0.3 is 5.73 Å². The predicted octanol–water partition coefficient (Wildman–Crippen LogP) is 2.31. The van der Waals surface area contributed by atoms with Crippen LogP contribution >= 0.6 is 11.6 Å². The highest BCUT2D eigenvalue weighted by molar-refractivity contribution is 6.32. The van der Waals surface area contributed by atoms with E-state index in [1.54, 1.807) is 16.9 Å². The molecule has 0 bridgehead atoms. The molecule has 0 radical (unpaired) electrons. The summed E-state index contributed by atoms with van der Waals surface area (Å²) in [6, 6.07) is 6.31. The van der Waals surface area contributed by atoms with E-state index in [0.29, 0.717) is 11.6 Å². The van der Waals surface area contributed by atoms with Gasteiger partial charge in [0.2, 0.25) is 0 Å². The smallest absolute Gasteiger partial charge is 0.164 e. The van der Waals surface area contributed by atoms with E-state index in [0.717, 1.165) is 5.56 Å². The maximum atomic E-state index is 12.9. The van der Waals surface area contributed by atoms with Crippen LogP contribution in [0.1, 0.15) is 5.56 Å². The monoisotopic (exact) mass is 225 g/mol. The molecule has 0 fully saturated rings. The van der Waals surface area contributed by atoms with Gasteiger partial charge in [0, 0.05) is 6.20 Å². The topological polar surface area (TPSA) is 43.8 Å². The van der Waals surface area contributed by atoms with Crippen LogP contribution in [0.25, 0.3) is 0 Å².